The number of sulfonamides is 1. The first-order valence-corrected chi connectivity index (χ1v) is 12.2. The molecule has 0 bridgehead atoms. The van der Waals surface area contributed by atoms with Crippen LogP contribution in [0.3, 0.4) is 0 Å². The van der Waals surface area contributed by atoms with Crippen molar-refractivity contribution >= 4 is 27.5 Å². The van der Waals surface area contributed by atoms with E-state index in [-0.39, 0.29) is 37.7 Å². The van der Waals surface area contributed by atoms with E-state index in [0.29, 0.717) is 11.4 Å². The summed E-state index contributed by atoms with van der Waals surface area (Å²) in [6.45, 7) is 2.08. The number of anilines is 1. The molecule has 0 fully saturated rings. The van der Waals surface area contributed by atoms with Crippen LogP contribution in [0.25, 0.3) is 0 Å². The number of hydrogen-bond donors (Lipinski definition) is 1. The molecule has 0 heterocycles. The maximum absolute atomic E-state index is 13.1. The molecule has 0 saturated heterocycles. The van der Waals surface area contributed by atoms with Gasteiger partial charge in [-0.25, -0.2) is 8.42 Å². The number of carbonyl (C=O) groups excluding carboxylic acids is 2. The van der Waals surface area contributed by atoms with Crippen LogP contribution in [0.1, 0.15) is 25.3 Å². The number of amides is 2. The first-order valence-electron chi connectivity index (χ1n) is 10.3. The van der Waals surface area contributed by atoms with Gasteiger partial charge in [0.25, 0.3) is 0 Å². The van der Waals surface area contributed by atoms with E-state index >= 15 is 0 Å². The van der Waals surface area contributed by atoms with Crippen molar-refractivity contribution in [2.24, 2.45) is 0 Å². The van der Waals surface area contributed by atoms with E-state index in [9.17, 15) is 18.0 Å². The monoisotopic (exact) mass is 461 g/mol. The number of carbonyl (C=O) groups is 2. The van der Waals surface area contributed by atoms with E-state index in [1.54, 1.807) is 31.2 Å². The number of likely N-dealkylation sites (N-methyl/N-ethyl adjacent to an activating group) is 1. The average Bonchev–Trinajstić information content (AvgIpc) is 2.79. The van der Waals surface area contributed by atoms with Crippen molar-refractivity contribution in [3.05, 3.63) is 60.2 Å². The lowest BCUT2D eigenvalue weighted by Gasteiger charge is -2.29. The van der Waals surface area contributed by atoms with Gasteiger partial charge >= 0.3 is 0 Å². The van der Waals surface area contributed by atoms with Gasteiger partial charge in [-0.2, -0.15) is 0 Å². The highest BCUT2D eigenvalue weighted by Gasteiger charge is 2.26. The lowest BCUT2D eigenvalue weighted by Crippen LogP contribution is -2.46. The number of ether oxygens (including phenoxy) is 1. The summed E-state index contributed by atoms with van der Waals surface area (Å²) in [5.74, 6) is -0.0531. The van der Waals surface area contributed by atoms with Crippen LogP contribution in [0.4, 0.5) is 5.69 Å². The highest BCUT2D eigenvalue weighted by atomic mass is 32.2. The third-order valence-electron chi connectivity index (χ3n) is 5.12. The summed E-state index contributed by atoms with van der Waals surface area (Å²) in [6, 6.07) is 15.6. The lowest BCUT2D eigenvalue weighted by molar-refractivity contribution is -0.140. The Kier molecular flexibility index (Phi) is 9.07. The van der Waals surface area contributed by atoms with Gasteiger partial charge in [-0.1, -0.05) is 42.5 Å². The lowest BCUT2D eigenvalue weighted by atomic mass is 10.1. The van der Waals surface area contributed by atoms with E-state index in [4.69, 9.17) is 4.74 Å². The Morgan fingerprint density at radius 2 is 1.69 bits per heavy atom. The zero-order valence-electron chi connectivity index (χ0n) is 18.9. The Bertz CT molecular complexity index is 1010. The quantitative estimate of drug-likeness (QED) is 0.554. The third-order valence-corrected chi connectivity index (χ3v) is 6.30. The molecule has 2 rings (SSSR count). The van der Waals surface area contributed by atoms with Crippen molar-refractivity contribution in [2.75, 3.05) is 31.3 Å². The minimum Gasteiger partial charge on any atom is -0.495 e. The Balaban J connectivity index is 2.15. The first kappa shape index (κ1) is 25.2. The summed E-state index contributed by atoms with van der Waals surface area (Å²) in [5.41, 5.74) is 1.33. The normalized spacial score (nSPS) is 12.0. The molecule has 32 heavy (non-hydrogen) atoms. The molecule has 9 heteroatoms. The van der Waals surface area contributed by atoms with Gasteiger partial charge in [0.05, 0.1) is 19.1 Å². The van der Waals surface area contributed by atoms with Gasteiger partial charge in [-0.15, -0.1) is 0 Å². The summed E-state index contributed by atoms with van der Waals surface area (Å²) in [4.78, 5) is 26.8. The molecule has 2 amide bonds. The van der Waals surface area contributed by atoms with E-state index in [2.05, 4.69) is 5.32 Å². The van der Waals surface area contributed by atoms with Crippen molar-refractivity contribution in [3.8, 4) is 5.75 Å². The average molecular weight is 462 g/mol. The number of para-hydroxylation sites is 2. The summed E-state index contributed by atoms with van der Waals surface area (Å²) in [7, 11) is -0.581. The SMILES string of the molecule is CNC(=O)[C@H](C)N(Cc1ccccc1)C(=O)CCCN(c1ccccc1OC)S(C)(=O)=O. The fourth-order valence-corrected chi connectivity index (χ4v) is 4.36. The highest BCUT2D eigenvalue weighted by molar-refractivity contribution is 7.92. The Labute approximate surface area is 190 Å². The third kappa shape index (κ3) is 6.71. The maximum atomic E-state index is 13.1. The molecule has 1 atom stereocenters. The zero-order valence-corrected chi connectivity index (χ0v) is 19.8. The van der Waals surface area contributed by atoms with Crippen LogP contribution in [0, 0.1) is 0 Å². The van der Waals surface area contributed by atoms with E-state index in [1.165, 1.54) is 23.4 Å². The van der Waals surface area contributed by atoms with Gasteiger partial charge in [-0.05, 0) is 31.0 Å². The van der Waals surface area contributed by atoms with Gasteiger partial charge in [0.2, 0.25) is 21.8 Å². The molecule has 174 valence electrons. The first-order chi connectivity index (χ1) is 15.2. The number of benzene rings is 2. The van der Waals surface area contributed by atoms with Crippen LogP contribution >= 0.6 is 0 Å². The molecule has 0 aliphatic heterocycles. The minimum atomic E-state index is -3.59. The number of rotatable bonds is 11. The van der Waals surface area contributed by atoms with Gasteiger partial charge in [0, 0.05) is 26.6 Å². The van der Waals surface area contributed by atoms with Crippen LogP contribution < -0.4 is 14.4 Å². The van der Waals surface area contributed by atoms with Crippen LogP contribution in [0.2, 0.25) is 0 Å². The molecule has 0 saturated carbocycles. The second-order valence-corrected chi connectivity index (χ2v) is 9.31. The predicted octanol–water partition coefficient (Wildman–Crippen LogP) is 2.40. The van der Waals surface area contributed by atoms with Gasteiger partial charge in [-0.3, -0.25) is 13.9 Å². The molecule has 2 aromatic rings. The summed E-state index contributed by atoms with van der Waals surface area (Å²) in [5, 5.41) is 2.58. The fourth-order valence-electron chi connectivity index (χ4n) is 3.39. The van der Waals surface area contributed by atoms with E-state index < -0.39 is 16.1 Å². The smallest absolute Gasteiger partial charge is 0.242 e. The summed E-state index contributed by atoms with van der Waals surface area (Å²) >= 11 is 0. The standard InChI is InChI=1S/C23H31N3O5S/c1-18(23(28)24-2)25(17-19-11-6-5-7-12-19)22(27)15-10-16-26(32(4,29)30)20-13-8-9-14-21(20)31-3/h5-9,11-14,18H,10,15-17H2,1-4H3,(H,24,28)/t18-/m0/s1. The molecule has 0 radical (unpaired) electrons. The summed E-state index contributed by atoms with van der Waals surface area (Å²) in [6.07, 6.45) is 1.50. The van der Waals surface area contributed by atoms with Crippen molar-refractivity contribution in [3.63, 3.8) is 0 Å². The van der Waals surface area contributed by atoms with Crippen LogP contribution in [0.15, 0.2) is 54.6 Å². The fraction of sp³-hybridized carbons (Fsp3) is 0.391. The predicted molar refractivity (Wildman–Crippen MR) is 125 cm³/mol. The molecular formula is C23H31N3O5S. The summed E-state index contributed by atoms with van der Waals surface area (Å²) < 4.78 is 31.4. The minimum absolute atomic E-state index is 0.0926. The number of hydrogen-bond acceptors (Lipinski definition) is 5. The molecule has 1 N–H and O–H groups in total. The van der Waals surface area contributed by atoms with Gasteiger partial charge in [0.15, 0.2) is 0 Å². The second-order valence-electron chi connectivity index (χ2n) is 7.41. The molecule has 0 aliphatic rings. The Hall–Kier alpha value is -3.07. The topological polar surface area (TPSA) is 96.0 Å². The molecule has 8 nitrogen and oxygen atoms in total. The van der Waals surface area contributed by atoms with E-state index in [1.807, 2.05) is 30.3 Å². The number of nitrogens with zero attached hydrogens (tertiary/aromatic N) is 2. The van der Waals surface area contributed by atoms with Crippen LogP contribution in [0.5, 0.6) is 5.75 Å². The molecule has 0 aliphatic carbocycles. The van der Waals surface area contributed by atoms with Crippen molar-refractivity contribution < 1.29 is 22.7 Å². The van der Waals surface area contributed by atoms with Crippen molar-refractivity contribution in [1.82, 2.24) is 10.2 Å². The van der Waals surface area contributed by atoms with Gasteiger partial charge in [0.1, 0.15) is 11.8 Å². The second kappa shape index (κ2) is 11.5. The molecule has 2 aromatic carbocycles. The number of methoxy groups -OCH3 is 1. The molecular weight excluding hydrogens is 430 g/mol. The highest BCUT2D eigenvalue weighted by Crippen LogP contribution is 2.29. The van der Waals surface area contributed by atoms with Crippen LogP contribution in [-0.4, -0.2) is 58.1 Å². The maximum Gasteiger partial charge on any atom is 0.242 e. The largest absolute Gasteiger partial charge is 0.495 e. The molecule has 0 unspecified atom stereocenters. The van der Waals surface area contributed by atoms with Crippen molar-refractivity contribution in [1.29, 1.82) is 0 Å². The van der Waals surface area contributed by atoms with Crippen LogP contribution in [-0.2, 0) is 26.2 Å². The zero-order chi connectivity index (χ0) is 23.7. The molecule has 0 aromatic heterocycles. The Morgan fingerprint density at radius 1 is 1.06 bits per heavy atom. The molecule has 0 spiro atoms. The Morgan fingerprint density at radius 3 is 2.28 bits per heavy atom. The number of nitrogens with one attached hydrogen (secondary N) is 1. The van der Waals surface area contributed by atoms with Crippen molar-refractivity contribution in [2.45, 2.75) is 32.4 Å². The van der Waals surface area contributed by atoms with Gasteiger partial charge < -0.3 is 15.0 Å². The van der Waals surface area contributed by atoms with E-state index in [0.717, 1.165) is 11.8 Å².